The Balaban J connectivity index is 1.94. The van der Waals surface area contributed by atoms with Crippen LogP contribution in [-0.2, 0) is 10.3 Å². The molecule has 1 heterocycles. The number of fused-ring (bicyclic) bond motifs is 1. The molecule has 2 unspecified atom stereocenters. The third-order valence-electron chi connectivity index (χ3n) is 3.37. The first-order valence-electron chi connectivity index (χ1n) is 5.11. The number of hydrogen-bond acceptors (Lipinski definition) is 1. The van der Waals surface area contributed by atoms with Gasteiger partial charge >= 0.3 is 0 Å². The Hall–Kier alpha value is -0.820. The number of ether oxygens (including phenoxy) is 1. The Morgan fingerprint density at radius 3 is 2.85 bits per heavy atom. The highest BCUT2D eigenvalue weighted by Gasteiger charge is 2.57. The second-order valence-corrected chi connectivity index (χ2v) is 4.15. The summed E-state index contributed by atoms with van der Waals surface area (Å²) in [5, 5.41) is 0. The third-order valence-corrected chi connectivity index (χ3v) is 3.37. The molecule has 0 amide bonds. The summed E-state index contributed by atoms with van der Waals surface area (Å²) < 4.78 is 5.93. The maximum absolute atomic E-state index is 5.93. The molecule has 1 nitrogen and oxygen atoms in total. The zero-order valence-corrected chi connectivity index (χ0v) is 7.70. The molecule has 1 saturated carbocycles. The van der Waals surface area contributed by atoms with Gasteiger partial charge in [-0.15, -0.1) is 0 Å². The Morgan fingerprint density at radius 1 is 1.23 bits per heavy atom. The fraction of sp³-hybridized carbons (Fsp3) is 0.500. The first kappa shape index (κ1) is 7.57. The van der Waals surface area contributed by atoms with Crippen LogP contribution in [0.15, 0.2) is 30.3 Å². The van der Waals surface area contributed by atoms with Gasteiger partial charge in [0.25, 0.3) is 0 Å². The van der Waals surface area contributed by atoms with Crippen LogP contribution in [0.3, 0.4) is 0 Å². The molecule has 0 radical (unpaired) electrons. The van der Waals surface area contributed by atoms with Crippen molar-refractivity contribution in [2.24, 2.45) is 5.92 Å². The molecule has 1 aliphatic carbocycles. The Kier molecular flexibility index (Phi) is 1.50. The van der Waals surface area contributed by atoms with E-state index in [1.807, 2.05) is 0 Å². The minimum atomic E-state index is 0.138. The minimum absolute atomic E-state index is 0.138. The quantitative estimate of drug-likeness (QED) is 0.636. The Morgan fingerprint density at radius 2 is 2.08 bits per heavy atom. The van der Waals surface area contributed by atoms with E-state index in [0.717, 1.165) is 12.5 Å². The van der Waals surface area contributed by atoms with E-state index in [-0.39, 0.29) is 5.60 Å². The fourth-order valence-corrected chi connectivity index (χ4v) is 2.56. The molecule has 3 rings (SSSR count). The molecule has 0 N–H and O–H groups in total. The topological polar surface area (TPSA) is 9.23 Å². The normalized spacial score (nSPS) is 36.8. The molecule has 1 aromatic carbocycles. The monoisotopic (exact) mass is 174 g/mol. The summed E-state index contributed by atoms with van der Waals surface area (Å²) in [5.41, 5.74) is 1.53. The predicted octanol–water partition coefficient (Wildman–Crippen LogP) is 2.71. The van der Waals surface area contributed by atoms with E-state index in [4.69, 9.17) is 4.74 Å². The van der Waals surface area contributed by atoms with Gasteiger partial charge in [-0.05, 0) is 30.7 Å². The van der Waals surface area contributed by atoms with Gasteiger partial charge in [-0.1, -0.05) is 30.3 Å². The van der Waals surface area contributed by atoms with Crippen molar-refractivity contribution in [1.82, 2.24) is 0 Å². The highest BCUT2D eigenvalue weighted by molar-refractivity contribution is 5.30. The van der Waals surface area contributed by atoms with Gasteiger partial charge in [-0.2, -0.15) is 0 Å². The zero-order valence-electron chi connectivity index (χ0n) is 7.70. The minimum Gasteiger partial charge on any atom is -0.370 e. The highest BCUT2D eigenvalue weighted by Crippen LogP contribution is 2.59. The molecule has 1 aliphatic heterocycles. The van der Waals surface area contributed by atoms with Gasteiger partial charge in [0, 0.05) is 6.61 Å². The maximum Gasteiger partial charge on any atom is 0.0964 e. The van der Waals surface area contributed by atoms with Crippen LogP contribution in [0, 0.1) is 5.92 Å². The molecule has 2 aliphatic rings. The van der Waals surface area contributed by atoms with Crippen molar-refractivity contribution >= 4 is 0 Å². The molecule has 13 heavy (non-hydrogen) atoms. The van der Waals surface area contributed by atoms with Gasteiger partial charge in [0.1, 0.15) is 0 Å². The van der Waals surface area contributed by atoms with Gasteiger partial charge < -0.3 is 4.74 Å². The van der Waals surface area contributed by atoms with Crippen LogP contribution >= 0.6 is 0 Å². The van der Waals surface area contributed by atoms with E-state index in [1.165, 1.54) is 24.8 Å². The molecule has 0 spiro atoms. The lowest BCUT2D eigenvalue weighted by molar-refractivity contribution is -0.00812. The summed E-state index contributed by atoms with van der Waals surface area (Å²) in [4.78, 5) is 0. The van der Waals surface area contributed by atoms with Crippen LogP contribution in [0.5, 0.6) is 0 Å². The van der Waals surface area contributed by atoms with E-state index in [1.54, 1.807) is 0 Å². The van der Waals surface area contributed by atoms with Crippen LogP contribution in [0.1, 0.15) is 24.8 Å². The molecular formula is C12H14O. The number of hydrogen-bond donors (Lipinski definition) is 0. The van der Waals surface area contributed by atoms with Gasteiger partial charge in [0.15, 0.2) is 0 Å². The summed E-state index contributed by atoms with van der Waals surface area (Å²) in [7, 11) is 0. The molecule has 1 heteroatoms. The van der Waals surface area contributed by atoms with Gasteiger partial charge in [-0.25, -0.2) is 0 Å². The maximum atomic E-state index is 5.93. The van der Waals surface area contributed by atoms with E-state index in [0.29, 0.717) is 0 Å². The van der Waals surface area contributed by atoms with Crippen LogP contribution in [-0.4, -0.2) is 6.61 Å². The molecule has 0 bridgehead atoms. The van der Waals surface area contributed by atoms with Crippen molar-refractivity contribution in [3.8, 4) is 0 Å². The third kappa shape index (κ3) is 1.03. The van der Waals surface area contributed by atoms with Gasteiger partial charge in [0.2, 0.25) is 0 Å². The lowest BCUT2D eigenvalue weighted by Gasteiger charge is -2.23. The van der Waals surface area contributed by atoms with Gasteiger partial charge in [-0.3, -0.25) is 0 Å². The standard InChI is InChI=1S/C12H14O/c1-2-5-10(6-3-1)12-9-11(12)7-4-8-13-12/h1-3,5-6,11H,4,7-9H2. The van der Waals surface area contributed by atoms with Gasteiger partial charge in [0.05, 0.1) is 5.60 Å². The van der Waals surface area contributed by atoms with E-state index in [9.17, 15) is 0 Å². The smallest absolute Gasteiger partial charge is 0.0964 e. The second kappa shape index (κ2) is 2.58. The van der Waals surface area contributed by atoms with Crippen LogP contribution in [0.4, 0.5) is 0 Å². The summed E-state index contributed by atoms with van der Waals surface area (Å²) in [6.07, 6.45) is 3.85. The molecular weight excluding hydrogens is 160 g/mol. The predicted molar refractivity (Wildman–Crippen MR) is 51.4 cm³/mol. The number of benzene rings is 1. The SMILES string of the molecule is c1ccc(C23CC2CCCO3)cc1. The van der Waals surface area contributed by atoms with Crippen molar-refractivity contribution in [1.29, 1.82) is 0 Å². The summed E-state index contributed by atoms with van der Waals surface area (Å²) in [5.74, 6) is 0.809. The molecule has 0 aromatic heterocycles. The van der Waals surface area contributed by atoms with E-state index < -0.39 is 0 Å². The van der Waals surface area contributed by atoms with Crippen LogP contribution in [0.25, 0.3) is 0 Å². The Labute approximate surface area is 78.7 Å². The van der Waals surface area contributed by atoms with Crippen molar-refractivity contribution < 1.29 is 4.74 Å². The summed E-state index contributed by atoms with van der Waals surface area (Å²) in [6, 6.07) is 10.7. The average Bonchev–Trinajstić information content (AvgIpc) is 2.94. The first-order valence-corrected chi connectivity index (χ1v) is 5.11. The summed E-state index contributed by atoms with van der Waals surface area (Å²) >= 11 is 0. The van der Waals surface area contributed by atoms with E-state index in [2.05, 4.69) is 30.3 Å². The Bertz CT molecular complexity index is 306. The largest absolute Gasteiger partial charge is 0.370 e. The fourth-order valence-electron chi connectivity index (χ4n) is 2.56. The average molecular weight is 174 g/mol. The van der Waals surface area contributed by atoms with Crippen LogP contribution in [0.2, 0.25) is 0 Å². The highest BCUT2D eigenvalue weighted by atomic mass is 16.5. The van der Waals surface area contributed by atoms with Crippen molar-refractivity contribution in [2.75, 3.05) is 6.61 Å². The first-order chi connectivity index (χ1) is 6.42. The van der Waals surface area contributed by atoms with Crippen molar-refractivity contribution in [2.45, 2.75) is 24.9 Å². The lowest BCUT2D eigenvalue weighted by atomic mass is 10.0. The van der Waals surface area contributed by atoms with Crippen LogP contribution < -0.4 is 0 Å². The molecule has 1 aromatic rings. The molecule has 2 atom stereocenters. The number of rotatable bonds is 1. The molecule has 68 valence electrons. The van der Waals surface area contributed by atoms with Crippen molar-refractivity contribution in [3.05, 3.63) is 35.9 Å². The lowest BCUT2D eigenvalue weighted by Crippen LogP contribution is -2.20. The second-order valence-electron chi connectivity index (χ2n) is 4.15. The summed E-state index contributed by atoms with van der Waals surface area (Å²) in [6.45, 7) is 0.950. The van der Waals surface area contributed by atoms with E-state index >= 15 is 0 Å². The van der Waals surface area contributed by atoms with Crippen molar-refractivity contribution in [3.63, 3.8) is 0 Å². The zero-order chi connectivity index (χ0) is 8.73. The molecule has 2 fully saturated rings. The molecule has 1 saturated heterocycles.